The Morgan fingerprint density at radius 1 is 1.18 bits per heavy atom. The van der Waals surface area contributed by atoms with Gasteiger partial charge in [-0.2, -0.15) is 0 Å². The molecule has 0 radical (unpaired) electrons. The molecule has 88 valence electrons. The van der Waals surface area contributed by atoms with E-state index in [-0.39, 0.29) is 5.75 Å². The molecule has 0 aromatic heterocycles. The number of carbonyl (C=O) groups excluding carboxylic acids is 1. The Labute approximate surface area is 98.4 Å². The number of ether oxygens (including phenoxy) is 2. The van der Waals surface area contributed by atoms with E-state index >= 15 is 0 Å². The van der Waals surface area contributed by atoms with Gasteiger partial charge in [0, 0.05) is 12.3 Å². The molecule has 1 N–H and O–H groups in total. The second-order valence-electron chi connectivity index (χ2n) is 3.56. The zero-order chi connectivity index (χ0) is 12.4. The summed E-state index contributed by atoms with van der Waals surface area (Å²) in [6, 6.07) is 8.30. The van der Waals surface area contributed by atoms with Crippen LogP contribution in [0.15, 0.2) is 30.3 Å². The number of phenols is 1. The van der Waals surface area contributed by atoms with Gasteiger partial charge in [0.2, 0.25) is 0 Å². The number of hydrogen-bond donors (Lipinski definition) is 1. The number of rotatable bonds is 2. The number of phenolic OH excluding ortho intramolecular Hbond substituents is 1. The van der Waals surface area contributed by atoms with Crippen molar-refractivity contribution in [1.82, 2.24) is 0 Å². The van der Waals surface area contributed by atoms with Crippen molar-refractivity contribution in [3.63, 3.8) is 0 Å². The molecule has 0 saturated heterocycles. The first-order chi connectivity index (χ1) is 8.13. The average molecular weight is 232 g/mol. The van der Waals surface area contributed by atoms with Gasteiger partial charge in [-0.3, -0.25) is 4.79 Å². The summed E-state index contributed by atoms with van der Waals surface area (Å²) in [4.78, 5) is 11.0. The summed E-state index contributed by atoms with van der Waals surface area (Å²) in [5.41, 5.74) is 0. The summed E-state index contributed by atoms with van der Waals surface area (Å²) in [5.74, 6) is 0.631. The van der Waals surface area contributed by atoms with Crippen LogP contribution in [-0.4, -0.2) is 18.2 Å². The van der Waals surface area contributed by atoms with Gasteiger partial charge in [0.1, 0.15) is 17.2 Å². The van der Waals surface area contributed by atoms with Crippen molar-refractivity contribution in [2.75, 3.05) is 7.11 Å². The second kappa shape index (κ2) is 4.33. The van der Waals surface area contributed by atoms with Gasteiger partial charge in [0.25, 0.3) is 0 Å². The minimum Gasteiger partial charge on any atom is -0.507 e. The molecule has 0 unspecified atom stereocenters. The predicted molar refractivity (Wildman–Crippen MR) is 63.5 cm³/mol. The minimum atomic E-state index is -0.403. The first-order valence-corrected chi connectivity index (χ1v) is 5.10. The fraction of sp³-hybridized carbons (Fsp3) is 0.154. The van der Waals surface area contributed by atoms with Gasteiger partial charge >= 0.3 is 5.97 Å². The summed E-state index contributed by atoms with van der Waals surface area (Å²) in [6.45, 7) is 1.33. The predicted octanol–water partition coefficient (Wildman–Crippen LogP) is 2.48. The zero-order valence-electron chi connectivity index (χ0n) is 9.56. The van der Waals surface area contributed by atoms with E-state index in [0.29, 0.717) is 22.3 Å². The van der Waals surface area contributed by atoms with E-state index < -0.39 is 5.97 Å². The molecule has 0 aliphatic heterocycles. The van der Waals surface area contributed by atoms with Crippen LogP contribution in [0.4, 0.5) is 0 Å². The van der Waals surface area contributed by atoms with Gasteiger partial charge in [-0.05, 0) is 18.2 Å². The molecule has 0 amide bonds. The van der Waals surface area contributed by atoms with Crippen LogP contribution in [-0.2, 0) is 4.79 Å². The Hall–Kier alpha value is -2.23. The summed E-state index contributed by atoms with van der Waals surface area (Å²) in [6.07, 6.45) is 0. The largest absolute Gasteiger partial charge is 0.507 e. The van der Waals surface area contributed by atoms with Gasteiger partial charge in [0.05, 0.1) is 12.5 Å². The summed E-state index contributed by atoms with van der Waals surface area (Å²) < 4.78 is 10.2. The smallest absolute Gasteiger partial charge is 0.308 e. The van der Waals surface area contributed by atoms with Gasteiger partial charge in [-0.1, -0.05) is 12.1 Å². The first-order valence-electron chi connectivity index (χ1n) is 5.10. The second-order valence-corrected chi connectivity index (χ2v) is 3.56. The highest BCUT2D eigenvalue weighted by atomic mass is 16.5. The van der Waals surface area contributed by atoms with Gasteiger partial charge in [-0.15, -0.1) is 0 Å². The Morgan fingerprint density at radius 3 is 2.59 bits per heavy atom. The molecule has 2 rings (SSSR count). The average Bonchev–Trinajstić information content (AvgIpc) is 2.31. The minimum absolute atomic E-state index is 0.0911. The van der Waals surface area contributed by atoms with Gasteiger partial charge in [-0.25, -0.2) is 0 Å². The lowest BCUT2D eigenvalue weighted by atomic mass is 10.1. The lowest BCUT2D eigenvalue weighted by Crippen LogP contribution is -2.01. The van der Waals surface area contributed by atoms with E-state index in [2.05, 4.69) is 0 Å². The van der Waals surface area contributed by atoms with Crippen LogP contribution in [0.25, 0.3) is 10.8 Å². The monoisotopic (exact) mass is 232 g/mol. The Bertz CT molecular complexity index is 575. The molecule has 2 aromatic rings. The maximum atomic E-state index is 11.0. The number of hydrogen-bond acceptors (Lipinski definition) is 4. The highest BCUT2D eigenvalue weighted by molar-refractivity contribution is 5.98. The molecular weight excluding hydrogens is 220 g/mol. The molecule has 0 aliphatic rings. The molecule has 2 aromatic carbocycles. The van der Waals surface area contributed by atoms with Crippen LogP contribution >= 0.6 is 0 Å². The molecule has 0 fully saturated rings. The lowest BCUT2D eigenvalue weighted by molar-refractivity contribution is -0.131. The third-order valence-electron chi connectivity index (χ3n) is 2.41. The number of carbonyl (C=O) groups is 1. The summed E-state index contributed by atoms with van der Waals surface area (Å²) in [7, 11) is 1.52. The van der Waals surface area contributed by atoms with Crippen molar-refractivity contribution in [2.24, 2.45) is 0 Å². The highest BCUT2D eigenvalue weighted by Gasteiger charge is 2.11. The van der Waals surface area contributed by atoms with Crippen molar-refractivity contribution in [1.29, 1.82) is 0 Å². The maximum absolute atomic E-state index is 11.0. The first kappa shape index (κ1) is 11.3. The van der Waals surface area contributed by atoms with E-state index in [1.807, 2.05) is 0 Å². The van der Waals surface area contributed by atoms with Crippen molar-refractivity contribution >= 4 is 16.7 Å². The Morgan fingerprint density at radius 2 is 1.94 bits per heavy atom. The normalized spacial score (nSPS) is 10.2. The fourth-order valence-corrected chi connectivity index (χ4v) is 1.74. The number of fused-ring (bicyclic) bond motifs is 1. The number of benzene rings is 2. The maximum Gasteiger partial charge on any atom is 0.308 e. The Balaban J connectivity index is 2.73. The molecule has 0 saturated carbocycles. The summed E-state index contributed by atoms with van der Waals surface area (Å²) >= 11 is 0. The van der Waals surface area contributed by atoms with Crippen molar-refractivity contribution in [3.05, 3.63) is 30.3 Å². The number of methoxy groups -OCH3 is 1. The molecule has 0 atom stereocenters. The molecule has 17 heavy (non-hydrogen) atoms. The summed E-state index contributed by atoms with van der Waals surface area (Å²) in [5, 5.41) is 11.0. The van der Waals surface area contributed by atoms with E-state index in [1.54, 1.807) is 24.3 Å². The topological polar surface area (TPSA) is 55.8 Å². The molecule has 0 heterocycles. The zero-order valence-corrected chi connectivity index (χ0v) is 9.56. The third-order valence-corrected chi connectivity index (χ3v) is 2.41. The van der Waals surface area contributed by atoms with E-state index in [0.717, 1.165) is 0 Å². The van der Waals surface area contributed by atoms with Crippen molar-refractivity contribution in [2.45, 2.75) is 6.92 Å². The number of esters is 1. The van der Waals surface area contributed by atoms with Crippen LogP contribution < -0.4 is 9.47 Å². The molecular formula is C13H12O4. The standard InChI is InChI=1S/C13H12O4/c1-8(14)17-11-7-6-10(15)13-9(11)4-3-5-12(13)16-2/h3-7,15H,1-2H3. The molecule has 0 aliphatic carbocycles. The number of aromatic hydroxyl groups is 1. The van der Waals surface area contributed by atoms with Crippen LogP contribution in [0.3, 0.4) is 0 Å². The van der Waals surface area contributed by atoms with Crippen molar-refractivity contribution < 1.29 is 19.4 Å². The van der Waals surface area contributed by atoms with Crippen LogP contribution in [0.2, 0.25) is 0 Å². The van der Waals surface area contributed by atoms with Crippen LogP contribution in [0.1, 0.15) is 6.92 Å². The van der Waals surface area contributed by atoms with Crippen molar-refractivity contribution in [3.8, 4) is 17.2 Å². The van der Waals surface area contributed by atoms with E-state index in [1.165, 1.54) is 20.1 Å². The van der Waals surface area contributed by atoms with E-state index in [4.69, 9.17) is 9.47 Å². The Kier molecular flexibility index (Phi) is 2.87. The van der Waals surface area contributed by atoms with Crippen LogP contribution in [0, 0.1) is 0 Å². The van der Waals surface area contributed by atoms with Crippen LogP contribution in [0.5, 0.6) is 17.2 Å². The van der Waals surface area contributed by atoms with Gasteiger partial charge in [0.15, 0.2) is 0 Å². The van der Waals surface area contributed by atoms with Gasteiger partial charge < -0.3 is 14.6 Å². The molecule has 4 heteroatoms. The highest BCUT2D eigenvalue weighted by Crippen LogP contribution is 2.38. The molecule has 0 spiro atoms. The molecule has 0 bridgehead atoms. The van der Waals surface area contributed by atoms with E-state index in [9.17, 15) is 9.90 Å². The molecule has 4 nitrogen and oxygen atoms in total. The fourth-order valence-electron chi connectivity index (χ4n) is 1.74. The quantitative estimate of drug-likeness (QED) is 0.638. The SMILES string of the molecule is COc1cccc2c(OC(C)=O)ccc(O)c12. The third kappa shape index (κ3) is 2.01. The lowest BCUT2D eigenvalue weighted by Gasteiger charge is -2.10.